The first kappa shape index (κ1) is 17.5. The van der Waals surface area contributed by atoms with Crippen molar-refractivity contribution in [1.29, 1.82) is 0 Å². The van der Waals surface area contributed by atoms with Gasteiger partial charge in [-0.3, -0.25) is 4.79 Å². The van der Waals surface area contributed by atoms with Gasteiger partial charge in [0.25, 0.3) is 0 Å². The van der Waals surface area contributed by atoms with Gasteiger partial charge >= 0.3 is 0 Å². The molecule has 1 aromatic rings. The number of aryl methyl sites for hydroxylation is 1. The molecule has 0 radical (unpaired) electrons. The Labute approximate surface area is 129 Å². The normalized spacial score (nSPS) is 12.1. The predicted molar refractivity (Wildman–Crippen MR) is 85.3 cm³/mol. The summed E-state index contributed by atoms with van der Waals surface area (Å²) in [6.07, 6.45) is -0.101. The fraction of sp³-hybridized carbons (Fsp3) is 0.385. The van der Waals surface area contributed by atoms with Crippen molar-refractivity contribution in [3.8, 4) is 0 Å². The highest BCUT2D eigenvalue weighted by Gasteiger charge is 2.28. The van der Waals surface area contributed by atoms with Gasteiger partial charge in [0.1, 0.15) is 4.99 Å². The number of amides is 1. The average Bonchev–Trinajstić information content (AvgIpc) is 2.24. The van der Waals surface area contributed by atoms with Gasteiger partial charge in [0.2, 0.25) is 15.9 Å². The Kier molecular flexibility index (Phi) is 5.08. The Bertz CT molecular complexity index is 682. The number of sulfonamides is 1. The molecule has 8 heteroatoms. The molecular weight excluding hydrogens is 310 g/mol. The summed E-state index contributed by atoms with van der Waals surface area (Å²) in [5.74, 6) is -0.581. The summed E-state index contributed by atoms with van der Waals surface area (Å²) in [4.78, 5) is 11.3. The number of carbonyl (C=O) groups is 1. The molecule has 5 N–H and O–H groups in total. The Hall–Kier alpha value is -1.51. The number of rotatable bonds is 6. The number of thiocarbonyl (C=S) groups is 1. The van der Waals surface area contributed by atoms with Crippen molar-refractivity contribution in [3.05, 3.63) is 29.3 Å². The second kappa shape index (κ2) is 6.08. The molecule has 0 aliphatic rings. The molecule has 0 bridgehead atoms. The number of nitrogens with one attached hydrogen (secondary N) is 1. The first-order chi connectivity index (χ1) is 9.44. The molecule has 0 heterocycles. The van der Waals surface area contributed by atoms with Crippen LogP contribution in [-0.4, -0.2) is 24.9 Å². The number of carbonyl (C=O) groups excluding carboxylic acids is 1. The minimum absolute atomic E-state index is 0.0811. The third-order valence-corrected chi connectivity index (χ3v) is 4.72. The van der Waals surface area contributed by atoms with Gasteiger partial charge in [-0.25, -0.2) is 13.1 Å². The zero-order chi connectivity index (χ0) is 16.4. The molecule has 1 aromatic carbocycles. The zero-order valence-corrected chi connectivity index (χ0v) is 13.8. The van der Waals surface area contributed by atoms with Crippen molar-refractivity contribution >= 4 is 33.1 Å². The lowest BCUT2D eigenvalue weighted by molar-refractivity contribution is -0.119. The third-order valence-electron chi connectivity index (χ3n) is 2.80. The number of primary amides is 1. The summed E-state index contributed by atoms with van der Waals surface area (Å²) in [6.45, 7) is 4.90. The van der Waals surface area contributed by atoms with Crippen LogP contribution in [0.5, 0.6) is 0 Å². The summed E-state index contributed by atoms with van der Waals surface area (Å²) >= 11 is 4.88. The van der Waals surface area contributed by atoms with Crippen LogP contribution in [-0.2, 0) is 14.8 Å². The van der Waals surface area contributed by atoms with Crippen molar-refractivity contribution in [2.75, 3.05) is 0 Å². The molecule has 0 aromatic heterocycles. The minimum Gasteiger partial charge on any atom is -0.389 e. The molecule has 0 aliphatic heterocycles. The lowest BCUT2D eigenvalue weighted by atomic mass is 10.0. The molecule has 0 spiro atoms. The van der Waals surface area contributed by atoms with Gasteiger partial charge in [-0.05, 0) is 38.5 Å². The molecule has 0 atom stereocenters. The van der Waals surface area contributed by atoms with Gasteiger partial charge in [0, 0.05) is 17.5 Å². The quantitative estimate of drug-likeness (QED) is 0.660. The topological polar surface area (TPSA) is 115 Å². The van der Waals surface area contributed by atoms with Gasteiger partial charge in [0.05, 0.1) is 4.90 Å². The van der Waals surface area contributed by atoms with E-state index in [-0.39, 0.29) is 16.3 Å². The molecule has 1 rings (SSSR count). The zero-order valence-electron chi connectivity index (χ0n) is 12.1. The standard InChI is InChI=1S/C13H19N3O3S2/c1-8-6-9(4-5-10(8)12(15)20)21(18,19)16-13(2,3)7-11(14)17/h4-6,16H,7H2,1-3H3,(H2,14,17)(H2,15,20). The van der Waals surface area contributed by atoms with E-state index < -0.39 is 21.5 Å². The fourth-order valence-corrected chi connectivity index (χ4v) is 3.70. The van der Waals surface area contributed by atoms with Crippen molar-refractivity contribution in [1.82, 2.24) is 4.72 Å². The number of nitrogens with two attached hydrogens (primary N) is 2. The number of hydrogen-bond donors (Lipinski definition) is 3. The van der Waals surface area contributed by atoms with Crippen LogP contribution in [0.3, 0.4) is 0 Å². The molecule has 0 saturated heterocycles. The largest absolute Gasteiger partial charge is 0.389 e. The predicted octanol–water partition coefficient (Wildman–Crippen LogP) is 0.562. The number of hydrogen-bond acceptors (Lipinski definition) is 4. The molecule has 0 unspecified atom stereocenters. The van der Waals surface area contributed by atoms with Gasteiger partial charge in [-0.1, -0.05) is 18.3 Å². The molecule has 0 aliphatic carbocycles. The second-order valence-corrected chi connectivity index (χ2v) is 7.60. The van der Waals surface area contributed by atoms with Crippen molar-refractivity contribution in [2.24, 2.45) is 11.5 Å². The third kappa shape index (κ3) is 4.76. The maximum atomic E-state index is 12.3. The second-order valence-electron chi connectivity index (χ2n) is 5.47. The maximum Gasteiger partial charge on any atom is 0.241 e. The SMILES string of the molecule is Cc1cc(S(=O)(=O)NC(C)(C)CC(N)=O)ccc1C(N)=S. The summed E-state index contributed by atoms with van der Waals surface area (Å²) in [6, 6.07) is 4.47. The average molecular weight is 329 g/mol. The van der Waals surface area contributed by atoms with Crippen LogP contribution < -0.4 is 16.2 Å². The van der Waals surface area contributed by atoms with Crippen LogP contribution in [0.2, 0.25) is 0 Å². The Morgan fingerprint density at radius 1 is 1.33 bits per heavy atom. The highest BCUT2D eigenvalue weighted by atomic mass is 32.2. The van der Waals surface area contributed by atoms with Crippen molar-refractivity contribution < 1.29 is 13.2 Å². The van der Waals surface area contributed by atoms with E-state index in [1.54, 1.807) is 26.8 Å². The van der Waals surface area contributed by atoms with Crippen LogP contribution in [0.1, 0.15) is 31.4 Å². The van der Waals surface area contributed by atoms with Crippen LogP contribution in [0.4, 0.5) is 0 Å². The van der Waals surface area contributed by atoms with Crippen LogP contribution in [0.15, 0.2) is 23.1 Å². The van der Waals surface area contributed by atoms with E-state index in [0.717, 1.165) is 0 Å². The molecular formula is C13H19N3O3S2. The lowest BCUT2D eigenvalue weighted by Gasteiger charge is -2.24. The summed E-state index contributed by atoms with van der Waals surface area (Å²) < 4.78 is 27.1. The van der Waals surface area contributed by atoms with Crippen LogP contribution in [0.25, 0.3) is 0 Å². The van der Waals surface area contributed by atoms with E-state index in [0.29, 0.717) is 11.1 Å². The van der Waals surface area contributed by atoms with E-state index in [4.69, 9.17) is 23.7 Å². The van der Waals surface area contributed by atoms with Gasteiger partial charge in [-0.15, -0.1) is 0 Å². The van der Waals surface area contributed by atoms with E-state index in [1.165, 1.54) is 12.1 Å². The van der Waals surface area contributed by atoms with E-state index >= 15 is 0 Å². The highest BCUT2D eigenvalue weighted by molar-refractivity contribution is 7.89. The first-order valence-corrected chi connectivity index (χ1v) is 8.06. The van der Waals surface area contributed by atoms with Crippen molar-refractivity contribution in [2.45, 2.75) is 37.6 Å². The molecule has 0 fully saturated rings. The Balaban J connectivity index is 3.12. The van der Waals surface area contributed by atoms with E-state index in [9.17, 15) is 13.2 Å². The van der Waals surface area contributed by atoms with Crippen LogP contribution >= 0.6 is 12.2 Å². The van der Waals surface area contributed by atoms with Gasteiger partial charge < -0.3 is 11.5 Å². The Morgan fingerprint density at radius 3 is 2.33 bits per heavy atom. The van der Waals surface area contributed by atoms with E-state index in [2.05, 4.69) is 4.72 Å². The van der Waals surface area contributed by atoms with E-state index in [1.807, 2.05) is 0 Å². The van der Waals surface area contributed by atoms with Crippen molar-refractivity contribution in [3.63, 3.8) is 0 Å². The number of benzene rings is 1. The van der Waals surface area contributed by atoms with Gasteiger partial charge in [0.15, 0.2) is 0 Å². The molecule has 116 valence electrons. The monoisotopic (exact) mass is 329 g/mol. The molecule has 21 heavy (non-hydrogen) atoms. The van der Waals surface area contributed by atoms with Crippen LogP contribution in [0, 0.1) is 6.92 Å². The fourth-order valence-electron chi connectivity index (χ4n) is 1.97. The molecule has 0 saturated carbocycles. The minimum atomic E-state index is -3.77. The summed E-state index contributed by atoms with van der Waals surface area (Å²) in [5.41, 5.74) is 11.0. The molecule has 1 amide bonds. The summed E-state index contributed by atoms with van der Waals surface area (Å²) in [5, 5.41) is 0. The maximum absolute atomic E-state index is 12.3. The summed E-state index contributed by atoms with van der Waals surface area (Å²) in [7, 11) is -3.77. The molecule has 6 nitrogen and oxygen atoms in total. The smallest absolute Gasteiger partial charge is 0.241 e. The van der Waals surface area contributed by atoms with Gasteiger partial charge in [-0.2, -0.15) is 0 Å². The first-order valence-electron chi connectivity index (χ1n) is 6.17. The Morgan fingerprint density at radius 2 is 1.90 bits per heavy atom. The lowest BCUT2D eigenvalue weighted by Crippen LogP contribution is -2.45. The highest BCUT2D eigenvalue weighted by Crippen LogP contribution is 2.18.